The van der Waals surface area contributed by atoms with Gasteiger partial charge in [-0.2, -0.15) is 0 Å². The van der Waals surface area contributed by atoms with Crippen molar-refractivity contribution in [3.8, 4) is 0 Å². The molecule has 4 nitrogen and oxygen atoms in total. The summed E-state index contributed by atoms with van der Waals surface area (Å²) in [5.74, 6) is -1.87. The molecule has 2 aliphatic heterocycles. The van der Waals surface area contributed by atoms with Crippen LogP contribution < -0.4 is 0 Å². The monoisotopic (exact) mass is 430 g/mol. The highest BCUT2D eigenvalue weighted by molar-refractivity contribution is 6.35. The highest BCUT2D eigenvalue weighted by Gasteiger charge is 2.42. The Morgan fingerprint density at radius 2 is 1.47 bits per heavy atom. The highest BCUT2D eigenvalue weighted by Crippen LogP contribution is 2.35. The third-order valence-corrected chi connectivity index (χ3v) is 6.01. The van der Waals surface area contributed by atoms with Crippen LogP contribution >= 0.6 is 0 Å². The Morgan fingerprint density at radius 3 is 2.22 bits per heavy atom. The normalized spacial score (nSPS) is 16.1. The van der Waals surface area contributed by atoms with Gasteiger partial charge >= 0.3 is 0 Å². The summed E-state index contributed by atoms with van der Waals surface area (Å²) in [4.78, 5) is 29.9. The number of hydrogen-bond acceptors (Lipinski definition) is 3. The molecule has 0 bridgehead atoms. The van der Waals surface area contributed by atoms with Crippen molar-refractivity contribution >= 4 is 17.4 Å². The topological polar surface area (TPSA) is 40.6 Å². The molecule has 0 saturated heterocycles. The second kappa shape index (κ2) is 8.04. The molecule has 2 heterocycles. The van der Waals surface area contributed by atoms with Gasteiger partial charge in [-0.15, -0.1) is 0 Å². The van der Waals surface area contributed by atoms with Crippen LogP contribution in [-0.4, -0.2) is 28.2 Å². The minimum Gasteiger partial charge on any atom is -0.362 e. The van der Waals surface area contributed by atoms with Gasteiger partial charge in [-0.05, 0) is 41.3 Å². The van der Waals surface area contributed by atoms with Crippen LogP contribution in [0, 0.1) is 11.6 Å². The van der Waals surface area contributed by atoms with E-state index in [9.17, 15) is 18.4 Å². The standard InChI is InChI=1S/C26H20F2N2O2/c27-21-11-9-18(10-12-21)23-24(29-14-13-17-5-1-2-6-19(17)15-29)26(32)30(25(23)31)16-20-7-3-4-8-22(20)28/h1-12H,13-16H2. The summed E-state index contributed by atoms with van der Waals surface area (Å²) in [5, 5.41) is 0. The quantitative estimate of drug-likeness (QED) is 0.580. The first-order chi connectivity index (χ1) is 15.5. The van der Waals surface area contributed by atoms with Crippen molar-refractivity contribution in [1.82, 2.24) is 9.80 Å². The molecule has 0 saturated carbocycles. The summed E-state index contributed by atoms with van der Waals surface area (Å²) in [6.45, 7) is 0.898. The maximum atomic E-state index is 14.3. The zero-order valence-corrected chi connectivity index (χ0v) is 17.2. The average molecular weight is 430 g/mol. The fourth-order valence-electron chi connectivity index (χ4n) is 4.36. The number of halogens is 2. The maximum absolute atomic E-state index is 14.3. The number of amides is 2. The van der Waals surface area contributed by atoms with Gasteiger partial charge in [0.25, 0.3) is 11.8 Å². The number of rotatable bonds is 4. The van der Waals surface area contributed by atoms with Crippen molar-refractivity contribution in [2.75, 3.05) is 6.54 Å². The Labute approximate surface area is 184 Å². The van der Waals surface area contributed by atoms with E-state index in [1.807, 2.05) is 23.1 Å². The molecular formula is C26H20F2N2O2. The summed E-state index contributed by atoms with van der Waals surface area (Å²) in [7, 11) is 0. The first kappa shape index (κ1) is 20.1. The molecule has 2 aliphatic rings. The number of carbonyl (C=O) groups is 2. The molecule has 0 aromatic heterocycles. The van der Waals surface area contributed by atoms with E-state index >= 15 is 0 Å². The SMILES string of the molecule is O=C1C(c2ccc(F)cc2)=C(N2CCc3ccccc3C2)C(=O)N1Cc1ccccc1F. The Kier molecular flexibility index (Phi) is 5.05. The van der Waals surface area contributed by atoms with Crippen LogP contribution in [0.2, 0.25) is 0 Å². The Hall–Kier alpha value is -3.80. The maximum Gasteiger partial charge on any atom is 0.278 e. The zero-order chi connectivity index (χ0) is 22.2. The summed E-state index contributed by atoms with van der Waals surface area (Å²) < 4.78 is 27.8. The van der Waals surface area contributed by atoms with Gasteiger partial charge < -0.3 is 4.90 Å². The first-order valence-electron chi connectivity index (χ1n) is 10.4. The lowest BCUT2D eigenvalue weighted by atomic mass is 9.98. The van der Waals surface area contributed by atoms with E-state index in [1.165, 1.54) is 35.9 Å². The Bertz CT molecular complexity index is 1250. The predicted molar refractivity (Wildman–Crippen MR) is 116 cm³/mol. The summed E-state index contributed by atoms with van der Waals surface area (Å²) in [6.07, 6.45) is 0.741. The van der Waals surface area contributed by atoms with E-state index in [0.717, 1.165) is 16.9 Å². The Balaban J connectivity index is 1.56. The van der Waals surface area contributed by atoms with Crippen LogP contribution in [-0.2, 0) is 29.1 Å². The molecule has 0 unspecified atom stereocenters. The van der Waals surface area contributed by atoms with Crippen LogP contribution in [0.3, 0.4) is 0 Å². The second-order valence-corrected chi connectivity index (χ2v) is 7.96. The van der Waals surface area contributed by atoms with Gasteiger partial charge in [0, 0.05) is 18.7 Å². The molecule has 3 aromatic carbocycles. The number of hydrogen-bond donors (Lipinski definition) is 0. The molecule has 6 heteroatoms. The molecule has 160 valence electrons. The number of nitrogens with zero attached hydrogens (tertiary/aromatic N) is 2. The zero-order valence-electron chi connectivity index (χ0n) is 17.2. The van der Waals surface area contributed by atoms with Crippen molar-refractivity contribution in [2.45, 2.75) is 19.5 Å². The third kappa shape index (κ3) is 3.47. The molecule has 3 aromatic rings. The van der Waals surface area contributed by atoms with E-state index in [1.54, 1.807) is 18.2 Å². The van der Waals surface area contributed by atoms with Crippen LogP contribution in [0.25, 0.3) is 5.57 Å². The number of imide groups is 1. The summed E-state index contributed by atoms with van der Waals surface area (Å²) >= 11 is 0. The van der Waals surface area contributed by atoms with Crippen molar-refractivity contribution in [3.05, 3.63) is 112 Å². The summed E-state index contributed by atoms with van der Waals surface area (Å²) in [6, 6.07) is 19.6. The minimum atomic E-state index is -0.501. The lowest BCUT2D eigenvalue weighted by molar-refractivity contribution is -0.138. The third-order valence-electron chi connectivity index (χ3n) is 6.01. The first-order valence-corrected chi connectivity index (χ1v) is 10.4. The lowest BCUT2D eigenvalue weighted by Gasteiger charge is -2.31. The van der Waals surface area contributed by atoms with Crippen LogP contribution in [0.4, 0.5) is 8.78 Å². The number of carbonyl (C=O) groups excluding carboxylic acids is 2. The molecule has 2 amide bonds. The molecule has 0 aliphatic carbocycles. The van der Waals surface area contributed by atoms with Gasteiger partial charge in [0.2, 0.25) is 0 Å². The van der Waals surface area contributed by atoms with Gasteiger partial charge in [-0.3, -0.25) is 14.5 Å². The van der Waals surface area contributed by atoms with Crippen LogP contribution in [0.5, 0.6) is 0 Å². The van der Waals surface area contributed by atoms with Gasteiger partial charge in [0.05, 0.1) is 12.1 Å². The average Bonchev–Trinajstić information content (AvgIpc) is 3.05. The van der Waals surface area contributed by atoms with Crippen LogP contribution in [0.15, 0.2) is 78.5 Å². The van der Waals surface area contributed by atoms with E-state index in [4.69, 9.17) is 0 Å². The van der Waals surface area contributed by atoms with Gasteiger partial charge in [0.1, 0.15) is 17.3 Å². The molecular weight excluding hydrogens is 410 g/mol. The van der Waals surface area contributed by atoms with E-state index in [0.29, 0.717) is 18.7 Å². The van der Waals surface area contributed by atoms with Crippen molar-refractivity contribution in [3.63, 3.8) is 0 Å². The van der Waals surface area contributed by atoms with Crippen molar-refractivity contribution < 1.29 is 18.4 Å². The fraction of sp³-hybridized carbons (Fsp3) is 0.154. The summed E-state index contributed by atoms with van der Waals surface area (Å²) in [5.41, 5.74) is 3.55. The fourth-order valence-corrected chi connectivity index (χ4v) is 4.36. The molecule has 0 spiro atoms. The lowest BCUT2D eigenvalue weighted by Crippen LogP contribution is -2.37. The van der Waals surface area contributed by atoms with E-state index in [2.05, 4.69) is 6.07 Å². The van der Waals surface area contributed by atoms with Gasteiger partial charge in [-0.25, -0.2) is 8.78 Å². The molecule has 5 rings (SSSR count). The smallest absolute Gasteiger partial charge is 0.278 e. The van der Waals surface area contributed by atoms with E-state index < -0.39 is 23.4 Å². The largest absolute Gasteiger partial charge is 0.362 e. The van der Waals surface area contributed by atoms with Gasteiger partial charge in [-0.1, -0.05) is 54.6 Å². The Morgan fingerprint density at radius 1 is 0.781 bits per heavy atom. The minimum absolute atomic E-state index is 0.164. The molecule has 32 heavy (non-hydrogen) atoms. The predicted octanol–water partition coefficient (Wildman–Crippen LogP) is 4.30. The molecule has 0 radical (unpaired) electrons. The van der Waals surface area contributed by atoms with Gasteiger partial charge in [0.15, 0.2) is 0 Å². The second-order valence-electron chi connectivity index (χ2n) is 7.96. The molecule has 0 fully saturated rings. The molecule has 0 N–H and O–H groups in total. The van der Waals surface area contributed by atoms with Crippen molar-refractivity contribution in [2.24, 2.45) is 0 Å². The number of fused-ring (bicyclic) bond motifs is 1. The van der Waals surface area contributed by atoms with Crippen LogP contribution in [0.1, 0.15) is 22.3 Å². The number of benzene rings is 3. The van der Waals surface area contributed by atoms with Crippen molar-refractivity contribution in [1.29, 1.82) is 0 Å². The molecule has 0 atom stereocenters. The highest BCUT2D eigenvalue weighted by atomic mass is 19.1. The van der Waals surface area contributed by atoms with E-state index in [-0.39, 0.29) is 23.4 Å².